The number of benzene rings is 1. The van der Waals surface area contributed by atoms with Crippen molar-refractivity contribution in [1.82, 2.24) is 15.2 Å². The molecule has 0 aliphatic carbocycles. The Balaban J connectivity index is 1.69. The van der Waals surface area contributed by atoms with E-state index < -0.39 is 0 Å². The summed E-state index contributed by atoms with van der Waals surface area (Å²) in [6.45, 7) is 8.44. The second kappa shape index (κ2) is 10.5. The van der Waals surface area contributed by atoms with Crippen LogP contribution in [0.25, 0.3) is 0 Å². The lowest BCUT2D eigenvalue weighted by Crippen LogP contribution is -2.44. The van der Waals surface area contributed by atoms with Crippen LogP contribution in [-0.4, -0.2) is 47.8 Å². The highest BCUT2D eigenvalue weighted by Crippen LogP contribution is 2.23. The first kappa shape index (κ1) is 20.7. The number of aromatic nitrogens is 1. The van der Waals surface area contributed by atoms with Crippen LogP contribution in [0.4, 0.5) is 5.69 Å². The zero-order valence-corrected chi connectivity index (χ0v) is 17.6. The van der Waals surface area contributed by atoms with Gasteiger partial charge in [0.25, 0.3) is 0 Å². The van der Waals surface area contributed by atoms with E-state index in [1.54, 1.807) is 0 Å². The van der Waals surface area contributed by atoms with Crippen LogP contribution in [0.2, 0.25) is 0 Å². The molecule has 1 atom stereocenters. The highest BCUT2D eigenvalue weighted by atomic mass is 32.1. The number of nitrogens with zero attached hydrogens (tertiary/aromatic N) is 2. The van der Waals surface area contributed by atoms with Crippen molar-refractivity contribution >= 4 is 23.0 Å². The minimum absolute atomic E-state index is 0.212. The van der Waals surface area contributed by atoms with Gasteiger partial charge in [0.05, 0.1) is 19.3 Å². The maximum absolute atomic E-state index is 5.64. The quantitative estimate of drug-likeness (QED) is 0.696. The number of para-hydroxylation sites is 1. The maximum atomic E-state index is 5.64. The van der Waals surface area contributed by atoms with Crippen LogP contribution >= 0.6 is 12.2 Å². The summed E-state index contributed by atoms with van der Waals surface area (Å²) in [7, 11) is 0. The Hall–Kier alpha value is -2.02. The van der Waals surface area contributed by atoms with Gasteiger partial charge >= 0.3 is 0 Å². The lowest BCUT2D eigenvalue weighted by atomic mass is 10.0. The molecule has 28 heavy (non-hydrogen) atoms. The molecule has 0 spiro atoms. The zero-order chi connectivity index (χ0) is 19.8. The zero-order valence-electron chi connectivity index (χ0n) is 16.8. The van der Waals surface area contributed by atoms with Gasteiger partial charge < -0.3 is 15.4 Å². The van der Waals surface area contributed by atoms with E-state index in [0.29, 0.717) is 5.11 Å². The topological polar surface area (TPSA) is 49.4 Å². The summed E-state index contributed by atoms with van der Waals surface area (Å²) in [5.41, 5.74) is 4.93. The third-order valence-corrected chi connectivity index (χ3v) is 5.50. The fourth-order valence-electron chi connectivity index (χ4n) is 3.67. The molecule has 1 saturated heterocycles. The lowest BCUT2D eigenvalue weighted by Gasteiger charge is -2.35. The van der Waals surface area contributed by atoms with Crippen LogP contribution in [0.5, 0.6) is 0 Å². The summed E-state index contributed by atoms with van der Waals surface area (Å²) < 4.78 is 5.53. The first-order valence-electron chi connectivity index (χ1n) is 10.1. The standard InChI is InChI=1S/C22H30N4OS/c1-3-17-7-5-8-18(4-2)21(17)25-22(28)24-16-20(19-9-6-10-23-15-19)26-11-13-27-14-12-26/h5-10,15,20H,3-4,11-14,16H2,1-2H3,(H2,24,25,28)/t20-/m0/s1. The number of pyridine rings is 1. The van der Waals surface area contributed by atoms with E-state index in [9.17, 15) is 0 Å². The van der Waals surface area contributed by atoms with Crippen LogP contribution in [0.15, 0.2) is 42.7 Å². The van der Waals surface area contributed by atoms with Crippen molar-refractivity contribution in [1.29, 1.82) is 0 Å². The summed E-state index contributed by atoms with van der Waals surface area (Å²) in [5.74, 6) is 0. The van der Waals surface area contributed by atoms with Gasteiger partial charge in [0.1, 0.15) is 0 Å². The minimum atomic E-state index is 0.212. The van der Waals surface area contributed by atoms with Crippen molar-refractivity contribution in [3.8, 4) is 0 Å². The van der Waals surface area contributed by atoms with Crippen molar-refractivity contribution in [3.05, 3.63) is 59.4 Å². The predicted octanol–water partition coefficient (Wildman–Crippen LogP) is 3.57. The number of hydrogen-bond acceptors (Lipinski definition) is 4. The van der Waals surface area contributed by atoms with Gasteiger partial charge in [-0.25, -0.2) is 0 Å². The first-order chi connectivity index (χ1) is 13.7. The minimum Gasteiger partial charge on any atom is -0.379 e. The van der Waals surface area contributed by atoms with E-state index in [4.69, 9.17) is 17.0 Å². The largest absolute Gasteiger partial charge is 0.379 e. The third-order valence-electron chi connectivity index (χ3n) is 5.25. The summed E-state index contributed by atoms with van der Waals surface area (Å²) in [6, 6.07) is 10.8. The molecule has 1 fully saturated rings. The first-order valence-corrected chi connectivity index (χ1v) is 10.5. The molecule has 1 aromatic heterocycles. The van der Waals surface area contributed by atoms with Crippen LogP contribution in [-0.2, 0) is 17.6 Å². The fourth-order valence-corrected chi connectivity index (χ4v) is 3.86. The molecule has 0 unspecified atom stereocenters. The smallest absolute Gasteiger partial charge is 0.170 e. The Morgan fingerprint density at radius 1 is 1.14 bits per heavy atom. The number of ether oxygens (including phenoxy) is 1. The van der Waals surface area contributed by atoms with E-state index in [-0.39, 0.29) is 6.04 Å². The second-order valence-electron chi connectivity index (χ2n) is 6.94. The Bertz CT molecular complexity index is 740. The monoisotopic (exact) mass is 398 g/mol. The number of aryl methyl sites for hydroxylation is 2. The van der Waals surface area contributed by atoms with Gasteiger partial charge in [-0.1, -0.05) is 38.1 Å². The lowest BCUT2D eigenvalue weighted by molar-refractivity contribution is 0.0170. The summed E-state index contributed by atoms with van der Waals surface area (Å²) in [4.78, 5) is 6.74. The summed E-state index contributed by atoms with van der Waals surface area (Å²) in [5, 5.41) is 7.56. The van der Waals surface area contributed by atoms with Crippen molar-refractivity contribution < 1.29 is 4.74 Å². The number of anilines is 1. The number of thiocarbonyl (C=S) groups is 1. The second-order valence-corrected chi connectivity index (χ2v) is 7.35. The molecule has 1 aromatic carbocycles. The number of hydrogen-bond donors (Lipinski definition) is 2. The van der Waals surface area contributed by atoms with Gasteiger partial charge in [0.15, 0.2) is 5.11 Å². The molecule has 0 amide bonds. The highest BCUT2D eigenvalue weighted by molar-refractivity contribution is 7.80. The molecule has 0 bridgehead atoms. The molecule has 1 aliphatic rings. The molecule has 0 saturated carbocycles. The Morgan fingerprint density at radius 3 is 2.46 bits per heavy atom. The Kier molecular flexibility index (Phi) is 7.77. The molecule has 6 heteroatoms. The Labute approximate surface area is 173 Å². The number of morpholine rings is 1. The molecule has 2 heterocycles. The Morgan fingerprint density at radius 2 is 1.86 bits per heavy atom. The van der Waals surface area contributed by atoms with Crippen LogP contribution in [0.3, 0.4) is 0 Å². The number of nitrogens with one attached hydrogen (secondary N) is 2. The van der Waals surface area contributed by atoms with Crippen molar-refractivity contribution in [2.24, 2.45) is 0 Å². The molecule has 0 radical (unpaired) electrons. The van der Waals surface area contributed by atoms with Crippen LogP contribution in [0, 0.1) is 0 Å². The van der Waals surface area contributed by atoms with Crippen molar-refractivity contribution in [2.45, 2.75) is 32.7 Å². The molecule has 3 rings (SSSR count). The average molecular weight is 399 g/mol. The highest BCUT2D eigenvalue weighted by Gasteiger charge is 2.23. The van der Waals surface area contributed by atoms with E-state index >= 15 is 0 Å². The average Bonchev–Trinajstić information content (AvgIpc) is 2.75. The molecule has 2 aromatic rings. The SMILES string of the molecule is CCc1cccc(CC)c1NC(=S)NC[C@@H](c1cccnc1)N1CCOCC1. The van der Waals surface area contributed by atoms with Gasteiger partial charge in [-0.15, -0.1) is 0 Å². The van der Waals surface area contributed by atoms with Gasteiger partial charge in [-0.05, 0) is 47.8 Å². The van der Waals surface area contributed by atoms with Crippen LogP contribution < -0.4 is 10.6 Å². The van der Waals surface area contributed by atoms with Gasteiger partial charge in [0, 0.05) is 37.7 Å². The normalized spacial score (nSPS) is 15.8. The van der Waals surface area contributed by atoms with E-state index in [1.165, 1.54) is 16.7 Å². The van der Waals surface area contributed by atoms with Gasteiger partial charge in [-0.2, -0.15) is 0 Å². The number of rotatable bonds is 7. The molecule has 1 aliphatic heterocycles. The van der Waals surface area contributed by atoms with E-state index in [1.807, 2.05) is 18.5 Å². The van der Waals surface area contributed by atoms with E-state index in [0.717, 1.165) is 51.4 Å². The summed E-state index contributed by atoms with van der Waals surface area (Å²) >= 11 is 5.64. The molecule has 5 nitrogen and oxygen atoms in total. The molecule has 150 valence electrons. The van der Waals surface area contributed by atoms with Crippen molar-refractivity contribution in [3.63, 3.8) is 0 Å². The maximum Gasteiger partial charge on any atom is 0.170 e. The van der Waals surface area contributed by atoms with Crippen LogP contribution in [0.1, 0.15) is 36.6 Å². The molecule has 2 N–H and O–H groups in total. The molecular formula is C22H30N4OS. The van der Waals surface area contributed by atoms with E-state index in [2.05, 4.69) is 58.6 Å². The van der Waals surface area contributed by atoms with Gasteiger partial charge in [0.2, 0.25) is 0 Å². The fraction of sp³-hybridized carbons (Fsp3) is 0.455. The molecular weight excluding hydrogens is 368 g/mol. The third kappa shape index (κ3) is 5.28. The van der Waals surface area contributed by atoms with Crippen molar-refractivity contribution in [2.75, 3.05) is 38.2 Å². The van der Waals surface area contributed by atoms with Gasteiger partial charge in [-0.3, -0.25) is 9.88 Å². The predicted molar refractivity (Wildman–Crippen MR) is 119 cm³/mol. The summed E-state index contributed by atoms with van der Waals surface area (Å²) in [6.07, 6.45) is 5.71.